The SMILES string of the molecule is CSC1=C(C(=O)OCc2ccc([N+](=O)[O-])cc2)N2C(=O)C(NC(=O)Cc3cccs3)[C@H]2SC1. The van der Waals surface area contributed by atoms with Crippen LogP contribution in [0.15, 0.2) is 52.4 Å². The number of fused-ring (bicyclic) bond motifs is 1. The molecule has 9 nitrogen and oxygen atoms in total. The van der Waals surface area contributed by atoms with Gasteiger partial charge in [-0.25, -0.2) is 4.79 Å². The van der Waals surface area contributed by atoms with Crippen LogP contribution < -0.4 is 5.32 Å². The van der Waals surface area contributed by atoms with E-state index in [4.69, 9.17) is 4.74 Å². The van der Waals surface area contributed by atoms with Gasteiger partial charge in [0.1, 0.15) is 23.7 Å². The molecule has 1 fully saturated rings. The van der Waals surface area contributed by atoms with Gasteiger partial charge < -0.3 is 10.1 Å². The van der Waals surface area contributed by atoms with Gasteiger partial charge in [0.2, 0.25) is 5.91 Å². The maximum Gasteiger partial charge on any atom is 0.356 e. The number of benzene rings is 1. The Labute approximate surface area is 201 Å². The Morgan fingerprint density at radius 3 is 2.70 bits per heavy atom. The highest BCUT2D eigenvalue weighted by Crippen LogP contribution is 2.43. The van der Waals surface area contributed by atoms with Crippen LogP contribution in [0.3, 0.4) is 0 Å². The maximum atomic E-state index is 12.9. The fourth-order valence-corrected chi connectivity index (χ4v) is 6.41. The summed E-state index contributed by atoms with van der Waals surface area (Å²) in [6, 6.07) is 8.75. The number of rotatable bonds is 8. The molecule has 1 aromatic heterocycles. The molecule has 0 aliphatic carbocycles. The zero-order valence-corrected chi connectivity index (χ0v) is 19.8. The van der Waals surface area contributed by atoms with Crippen molar-refractivity contribution < 1.29 is 24.0 Å². The molecule has 2 atom stereocenters. The van der Waals surface area contributed by atoms with Gasteiger partial charge in [0.25, 0.3) is 11.6 Å². The van der Waals surface area contributed by atoms with Crippen molar-refractivity contribution in [3.63, 3.8) is 0 Å². The summed E-state index contributed by atoms with van der Waals surface area (Å²) in [5.74, 6) is -0.701. The van der Waals surface area contributed by atoms with Crippen LogP contribution in [-0.4, -0.2) is 51.0 Å². The average Bonchev–Trinajstić information content (AvgIpc) is 3.33. The van der Waals surface area contributed by atoms with Crippen LogP contribution in [-0.2, 0) is 32.1 Å². The number of carbonyl (C=O) groups is 3. The molecular weight excluding hydrogens is 486 g/mol. The summed E-state index contributed by atoms with van der Waals surface area (Å²) in [4.78, 5) is 51.4. The second kappa shape index (κ2) is 9.98. The van der Waals surface area contributed by atoms with E-state index < -0.39 is 16.9 Å². The number of nitro benzene ring substituents is 1. The van der Waals surface area contributed by atoms with Gasteiger partial charge >= 0.3 is 5.97 Å². The lowest BCUT2D eigenvalue weighted by molar-refractivity contribution is -0.384. The number of thioether (sulfide) groups is 2. The number of amides is 2. The summed E-state index contributed by atoms with van der Waals surface area (Å²) in [6.45, 7) is -0.0805. The molecule has 0 bridgehead atoms. The highest BCUT2D eigenvalue weighted by molar-refractivity contribution is 8.05. The Morgan fingerprint density at radius 2 is 2.06 bits per heavy atom. The smallest absolute Gasteiger partial charge is 0.356 e. The minimum atomic E-state index is -0.691. The van der Waals surface area contributed by atoms with Gasteiger partial charge in [0.15, 0.2) is 0 Å². The number of non-ortho nitro benzene ring substituents is 1. The molecule has 2 aliphatic rings. The molecule has 3 heterocycles. The molecular formula is C21H19N3O6S3. The first-order valence-corrected chi connectivity index (χ1v) is 13.0. The molecule has 12 heteroatoms. The van der Waals surface area contributed by atoms with Crippen LogP contribution >= 0.6 is 34.9 Å². The molecule has 2 aliphatic heterocycles. The Hall–Kier alpha value is -2.83. The standard InChI is InChI=1S/C21H19N3O6S3/c1-31-15-11-33-20-17(22-16(25)9-14-3-2-8-32-14)19(26)23(20)18(15)21(27)30-10-12-4-6-13(7-5-12)24(28)29/h2-8,17,20H,9-11H2,1H3,(H,22,25)/t17?,20-/m1/s1. The van der Waals surface area contributed by atoms with Gasteiger partial charge in [-0.1, -0.05) is 6.07 Å². The molecule has 0 radical (unpaired) electrons. The van der Waals surface area contributed by atoms with Crippen molar-refractivity contribution >= 4 is 58.3 Å². The first-order valence-electron chi connectivity index (χ1n) is 9.83. The van der Waals surface area contributed by atoms with E-state index in [0.29, 0.717) is 11.3 Å². The second-order valence-corrected chi connectivity index (χ2v) is 10.2. The molecule has 1 aromatic carbocycles. The van der Waals surface area contributed by atoms with Crippen LogP contribution in [0.2, 0.25) is 0 Å². The fourth-order valence-electron chi connectivity index (χ4n) is 3.46. The lowest BCUT2D eigenvalue weighted by Crippen LogP contribution is -2.70. The van der Waals surface area contributed by atoms with Crippen LogP contribution in [0, 0.1) is 10.1 Å². The van der Waals surface area contributed by atoms with Gasteiger partial charge in [-0.2, -0.15) is 0 Å². The van der Waals surface area contributed by atoms with E-state index in [1.165, 1.54) is 64.0 Å². The molecule has 0 spiro atoms. The van der Waals surface area contributed by atoms with E-state index in [2.05, 4.69) is 5.32 Å². The second-order valence-electron chi connectivity index (χ2n) is 7.19. The third kappa shape index (κ3) is 4.92. The molecule has 2 aromatic rings. The highest BCUT2D eigenvalue weighted by atomic mass is 32.2. The number of β-lactam (4-membered cyclic amide) rings is 1. The molecule has 2 amide bonds. The molecule has 0 saturated carbocycles. The van der Waals surface area contributed by atoms with Crippen molar-refractivity contribution in [2.24, 2.45) is 0 Å². The Morgan fingerprint density at radius 1 is 1.30 bits per heavy atom. The summed E-state index contributed by atoms with van der Waals surface area (Å²) >= 11 is 4.34. The number of carbonyl (C=O) groups excluding carboxylic acids is 3. The monoisotopic (exact) mass is 505 g/mol. The van der Waals surface area contributed by atoms with E-state index >= 15 is 0 Å². The zero-order chi connectivity index (χ0) is 23.5. The lowest BCUT2D eigenvalue weighted by atomic mass is 10.0. The third-order valence-corrected chi connectivity index (χ3v) is 8.29. The normalized spacial score (nSPS) is 19.5. The number of nitrogens with zero attached hydrogens (tertiary/aromatic N) is 2. The predicted molar refractivity (Wildman–Crippen MR) is 126 cm³/mol. The van der Waals surface area contributed by atoms with Crippen molar-refractivity contribution in [1.82, 2.24) is 10.2 Å². The van der Waals surface area contributed by atoms with Crippen LogP contribution in [0.5, 0.6) is 0 Å². The summed E-state index contributed by atoms with van der Waals surface area (Å²) in [5, 5.41) is 15.1. The van der Waals surface area contributed by atoms with Gasteiger partial charge in [0, 0.05) is 27.7 Å². The van der Waals surface area contributed by atoms with E-state index in [1.807, 2.05) is 23.8 Å². The van der Waals surface area contributed by atoms with Crippen LogP contribution in [0.4, 0.5) is 5.69 Å². The molecule has 1 N–H and O–H groups in total. The van der Waals surface area contributed by atoms with Gasteiger partial charge in [0.05, 0.1) is 11.3 Å². The molecule has 1 unspecified atom stereocenters. The number of esters is 1. The highest BCUT2D eigenvalue weighted by Gasteiger charge is 2.54. The van der Waals surface area contributed by atoms with Gasteiger partial charge in [-0.05, 0) is 35.4 Å². The number of nitrogens with one attached hydrogen (secondary N) is 1. The first kappa shape index (κ1) is 23.3. The molecule has 172 valence electrons. The van der Waals surface area contributed by atoms with Crippen molar-refractivity contribution in [3.05, 3.63) is 72.9 Å². The van der Waals surface area contributed by atoms with Crippen LogP contribution in [0.1, 0.15) is 10.4 Å². The van der Waals surface area contributed by atoms with Gasteiger partial charge in [-0.3, -0.25) is 24.6 Å². The van der Waals surface area contributed by atoms with Crippen molar-refractivity contribution in [1.29, 1.82) is 0 Å². The van der Waals surface area contributed by atoms with E-state index in [-0.39, 0.29) is 41.6 Å². The average molecular weight is 506 g/mol. The van der Waals surface area contributed by atoms with Crippen molar-refractivity contribution in [2.45, 2.75) is 24.4 Å². The van der Waals surface area contributed by atoms with Gasteiger partial charge in [-0.15, -0.1) is 34.9 Å². The molecule has 4 rings (SSSR count). The van der Waals surface area contributed by atoms with E-state index in [1.54, 1.807) is 0 Å². The zero-order valence-electron chi connectivity index (χ0n) is 17.4. The molecule has 33 heavy (non-hydrogen) atoms. The van der Waals surface area contributed by atoms with E-state index in [9.17, 15) is 24.5 Å². The number of thiophene rings is 1. The summed E-state index contributed by atoms with van der Waals surface area (Å²) < 4.78 is 5.42. The minimum absolute atomic E-state index is 0.0528. The summed E-state index contributed by atoms with van der Waals surface area (Å²) in [6.07, 6.45) is 2.03. The Kier molecular flexibility index (Phi) is 7.05. The first-order chi connectivity index (χ1) is 15.9. The number of ether oxygens (including phenoxy) is 1. The van der Waals surface area contributed by atoms with Crippen molar-refractivity contribution in [3.8, 4) is 0 Å². The lowest BCUT2D eigenvalue weighted by Gasteiger charge is -2.49. The number of hydrogen-bond acceptors (Lipinski definition) is 9. The van der Waals surface area contributed by atoms with Crippen LogP contribution in [0.25, 0.3) is 0 Å². The van der Waals surface area contributed by atoms with E-state index in [0.717, 1.165) is 9.78 Å². The third-order valence-electron chi connectivity index (χ3n) is 5.12. The number of nitro groups is 1. The maximum absolute atomic E-state index is 12.9. The fraction of sp³-hybridized carbons (Fsp3) is 0.286. The Bertz CT molecular complexity index is 1120. The summed E-state index contributed by atoms with van der Waals surface area (Å²) in [7, 11) is 0. The Balaban J connectivity index is 1.41. The predicted octanol–water partition coefficient (Wildman–Crippen LogP) is 2.92. The topological polar surface area (TPSA) is 119 Å². The quantitative estimate of drug-likeness (QED) is 0.252. The minimum Gasteiger partial charge on any atom is -0.456 e. The summed E-state index contributed by atoms with van der Waals surface area (Å²) in [5.41, 5.74) is 0.737. The molecule has 1 saturated heterocycles. The largest absolute Gasteiger partial charge is 0.456 e. The van der Waals surface area contributed by atoms with Crippen molar-refractivity contribution in [2.75, 3.05) is 12.0 Å². The number of hydrogen-bond donors (Lipinski definition) is 1.